The second-order valence-electron chi connectivity index (χ2n) is 5.31. The minimum absolute atomic E-state index is 0.397. The zero-order valence-electron chi connectivity index (χ0n) is 12.0. The lowest BCUT2D eigenvalue weighted by Crippen LogP contribution is -2.45. The van der Waals surface area contributed by atoms with Crippen molar-refractivity contribution in [3.05, 3.63) is 0 Å². The van der Waals surface area contributed by atoms with Gasteiger partial charge in [-0.2, -0.15) is 0 Å². The molecule has 1 heterocycles. The minimum atomic E-state index is 0.397. The van der Waals surface area contributed by atoms with E-state index in [4.69, 9.17) is 4.74 Å². The van der Waals surface area contributed by atoms with E-state index in [0.717, 1.165) is 19.7 Å². The quantitative estimate of drug-likeness (QED) is 0.706. The number of hydrogen-bond donors (Lipinski definition) is 1. The van der Waals surface area contributed by atoms with Crippen molar-refractivity contribution in [3.63, 3.8) is 0 Å². The first-order chi connectivity index (χ1) is 8.19. The largest absolute Gasteiger partial charge is 0.377 e. The van der Waals surface area contributed by atoms with Gasteiger partial charge in [0.25, 0.3) is 0 Å². The molecule has 0 amide bonds. The van der Waals surface area contributed by atoms with E-state index >= 15 is 0 Å². The van der Waals surface area contributed by atoms with Crippen LogP contribution in [0.2, 0.25) is 0 Å². The predicted octanol–water partition coefficient (Wildman–Crippen LogP) is 2.26. The number of nitrogens with zero attached hydrogens (tertiary/aromatic N) is 1. The molecule has 1 saturated heterocycles. The Labute approximate surface area is 107 Å². The van der Waals surface area contributed by atoms with Gasteiger partial charge in [0.05, 0.1) is 6.10 Å². The molecule has 0 aromatic carbocycles. The maximum atomic E-state index is 5.65. The van der Waals surface area contributed by atoms with Crippen molar-refractivity contribution in [2.75, 3.05) is 26.7 Å². The summed E-state index contributed by atoms with van der Waals surface area (Å²) in [4.78, 5) is 2.49. The third-order valence-electron chi connectivity index (χ3n) is 3.73. The lowest BCUT2D eigenvalue weighted by Gasteiger charge is -2.30. The first kappa shape index (κ1) is 14.9. The fourth-order valence-corrected chi connectivity index (χ4v) is 2.74. The van der Waals surface area contributed by atoms with Crippen molar-refractivity contribution >= 4 is 0 Å². The summed E-state index contributed by atoms with van der Waals surface area (Å²) in [6.45, 7) is 9.90. The van der Waals surface area contributed by atoms with Crippen molar-refractivity contribution in [2.24, 2.45) is 0 Å². The van der Waals surface area contributed by atoms with Crippen LogP contribution in [0.4, 0.5) is 0 Å². The Kier molecular flexibility index (Phi) is 7.09. The summed E-state index contributed by atoms with van der Waals surface area (Å²) in [7, 11) is 2.24. The Hall–Kier alpha value is -0.120. The van der Waals surface area contributed by atoms with E-state index in [1.807, 2.05) is 0 Å². The molecule has 1 rings (SSSR count). The van der Waals surface area contributed by atoms with Crippen molar-refractivity contribution < 1.29 is 4.74 Å². The summed E-state index contributed by atoms with van der Waals surface area (Å²) in [5.74, 6) is 0. The van der Waals surface area contributed by atoms with Gasteiger partial charge in [-0.15, -0.1) is 0 Å². The highest BCUT2D eigenvalue weighted by Crippen LogP contribution is 2.18. The Morgan fingerprint density at radius 1 is 1.35 bits per heavy atom. The molecule has 0 aromatic heterocycles. The number of likely N-dealkylation sites (N-methyl/N-ethyl adjacent to an activating group) is 1. The van der Waals surface area contributed by atoms with Gasteiger partial charge in [0.15, 0.2) is 0 Å². The van der Waals surface area contributed by atoms with Crippen LogP contribution in [-0.4, -0.2) is 49.8 Å². The average molecular weight is 242 g/mol. The smallest absolute Gasteiger partial charge is 0.0702 e. The van der Waals surface area contributed by atoms with Gasteiger partial charge in [0.1, 0.15) is 0 Å². The highest BCUT2D eigenvalue weighted by atomic mass is 16.5. The minimum Gasteiger partial charge on any atom is -0.377 e. The molecule has 102 valence electrons. The van der Waals surface area contributed by atoms with E-state index in [0.29, 0.717) is 18.2 Å². The van der Waals surface area contributed by atoms with E-state index < -0.39 is 0 Å². The SMILES string of the molecule is CCCNC(CCC)CN(C)C1CCOC1C. The fraction of sp³-hybridized carbons (Fsp3) is 1.00. The molecule has 0 aliphatic carbocycles. The van der Waals surface area contributed by atoms with Crippen LogP contribution in [0.1, 0.15) is 46.5 Å². The van der Waals surface area contributed by atoms with Gasteiger partial charge in [-0.1, -0.05) is 20.3 Å². The van der Waals surface area contributed by atoms with E-state index in [1.165, 1.54) is 25.7 Å². The summed E-state index contributed by atoms with van der Waals surface area (Å²) >= 11 is 0. The summed E-state index contributed by atoms with van der Waals surface area (Å²) < 4.78 is 5.65. The Morgan fingerprint density at radius 2 is 2.12 bits per heavy atom. The summed E-state index contributed by atoms with van der Waals surface area (Å²) in [5.41, 5.74) is 0. The molecule has 3 nitrogen and oxygen atoms in total. The van der Waals surface area contributed by atoms with Crippen molar-refractivity contribution in [1.82, 2.24) is 10.2 Å². The second-order valence-corrected chi connectivity index (χ2v) is 5.31. The first-order valence-corrected chi connectivity index (χ1v) is 7.24. The lowest BCUT2D eigenvalue weighted by molar-refractivity contribution is 0.0799. The number of rotatable bonds is 8. The maximum absolute atomic E-state index is 5.65. The lowest BCUT2D eigenvalue weighted by atomic mass is 10.1. The van der Waals surface area contributed by atoms with E-state index in [2.05, 4.69) is 38.0 Å². The summed E-state index contributed by atoms with van der Waals surface area (Å²) in [6, 6.07) is 1.25. The second kappa shape index (κ2) is 8.06. The van der Waals surface area contributed by atoms with Crippen molar-refractivity contribution in [3.8, 4) is 0 Å². The standard InChI is InChI=1S/C14H30N2O/c1-5-7-13(15-9-6-2)11-16(4)14-8-10-17-12(14)3/h12-15H,5-11H2,1-4H3. The van der Waals surface area contributed by atoms with Crippen LogP contribution < -0.4 is 5.32 Å². The monoisotopic (exact) mass is 242 g/mol. The van der Waals surface area contributed by atoms with Crippen LogP contribution in [0, 0.1) is 0 Å². The van der Waals surface area contributed by atoms with Gasteiger partial charge < -0.3 is 10.1 Å². The summed E-state index contributed by atoms with van der Waals surface area (Å²) in [5, 5.41) is 3.66. The summed E-state index contributed by atoms with van der Waals surface area (Å²) in [6.07, 6.45) is 5.32. The molecule has 0 saturated carbocycles. The number of hydrogen-bond acceptors (Lipinski definition) is 3. The van der Waals surface area contributed by atoms with Gasteiger partial charge >= 0.3 is 0 Å². The number of ether oxygens (including phenoxy) is 1. The van der Waals surface area contributed by atoms with E-state index in [1.54, 1.807) is 0 Å². The van der Waals surface area contributed by atoms with Gasteiger partial charge in [-0.25, -0.2) is 0 Å². The van der Waals surface area contributed by atoms with Gasteiger partial charge in [-0.3, -0.25) is 4.90 Å². The molecular weight excluding hydrogens is 212 g/mol. The van der Waals surface area contributed by atoms with Crippen molar-refractivity contribution in [2.45, 2.75) is 64.6 Å². The molecule has 0 spiro atoms. The molecule has 0 bridgehead atoms. The fourth-order valence-electron chi connectivity index (χ4n) is 2.74. The zero-order valence-corrected chi connectivity index (χ0v) is 12.0. The van der Waals surface area contributed by atoms with E-state index in [9.17, 15) is 0 Å². The van der Waals surface area contributed by atoms with Crippen LogP contribution in [0.15, 0.2) is 0 Å². The topological polar surface area (TPSA) is 24.5 Å². The highest BCUT2D eigenvalue weighted by molar-refractivity contribution is 4.83. The molecule has 1 aliphatic heterocycles. The van der Waals surface area contributed by atoms with Crippen LogP contribution in [0.25, 0.3) is 0 Å². The normalized spacial score (nSPS) is 26.6. The maximum Gasteiger partial charge on any atom is 0.0702 e. The van der Waals surface area contributed by atoms with Crippen LogP contribution in [0.5, 0.6) is 0 Å². The molecule has 3 heteroatoms. The van der Waals surface area contributed by atoms with Gasteiger partial charge in [-0.05, 0) is 39.8 Å². The molecule has 3 atom stereocenters. The van der Waals surface area contributed by atoms with Crippen LogP contribution in [-0.2, 0) is 4.74 Å². The third-order valence-corrected chi connectivity index (χ3v) is 3.73. The molecular formula is C14H30N2O. The van der Waals surface area contributed by atoms with Crippen molar-refractivity contribution in [1.29, 1.82) is 0 Å². The Balaban J connectivity index is 2.36. The molecule has 3 unspecified atom stereocenters. The molecule has 1 N–H and O–H groups in total. The first-order valence-electron chi connectivity index (χ1n) is 7.24. The third kappa shape index (κ3) is 4.94. The molecule has 0 aromatic rings. The predicted molar refractivity (Wildman–Crippen MR) is 73.4 cm³/mol. The highest BCUT2D eigenvalue weighted by Gasteiger charge is 2.28. The van der Waals surface area contributed by atoms with Crippen LogP contribution in [0.3, 0.4) is 0 Å². The molecule has 1 fully saturated rings. The Morgan fingerprint density at radius 3 is 2.65 bits per heavy atom. The Bertz CT molecular complexity index is 199. The van der Waals surface area contributed by atoms with Gasteiger partial charge in [0.2, 0.25) is 0 Å². The molecule has 0 radical (unpaired) electrons. The van der Waals surface area contributed by atoms with E-state index in [-0.39, 0.29) is 0 Å². The number of nitrogens with one attached hydrogen (secondary N) is 1. The van der Waals surface area contributed by atoms with Gasteiger partial charge in [0, 0.05) is 25.2 Å². The zero-order chi connectivity index (χ0) is 12.7. The molecule has 1 aliphatic rings. The van der Waals surface area contributed by atoms with Crippen LogP contribution >= 0.6 is 0 Å². The molecule has 17 heavy (non-hydrogen) atoms. The average Bonchev–Trinajstić information content (AvgIpc) is 2.72.